The molecular weight excluding hydrogens is 455 g/mol. The minimum absolute atomic E-state index is 0.368. The van der Waals surface area contributed by atoms with Gasteiger partial charge in [0.05, 0.1) is 22.7 Å². The number of carboxylic acid groups (broad SMARTS) is 1. The number of pyridine rings is 2. The van der Waals surface area contributed by atoms with Gasteiger partial charge >= 0.3 is 5.97 Å². The number of hydrogen-bond acceptors (Lipinski definition) is 7. The first-order valence-corrected chi connectivity index (χ1v) is 11.9. The lowest BCUT2D eigenvalue weighted by molar-refractivity contribution is -0.142. The third kappa shape index (κ3) is 5.59. The predicted molar refractivity (Wildman–Crippen MR) is 132 cm³/mol. The summed E-state index contributed by atoms with van der Waals surface area (Å²) in [5.41, 5.74) is 0.300. The zero-order valence-electron chi connectivity index (χ0n) is 20.3. The Morgan fingerprint density at radius 1 is 1.15 bits per heavy atom. The van der Waals surface area contributed by atoms with Gasteiger partial charge in [-0.2, -0.15) is 0 Å². The molecule has 0 fully saturated rings. The number of anilines is 2. The van der Waals surface area contributed by atoms with E-state index in [0.717, 1.165) is 10.4 Å². The van der Waals surface area contributed by atoms with Crippen LogP contribution in [0.1, 0.15) is 56.7 Å². The molecule has 3 aromatic rings. The monoisotopic (exact) mass is 486 g/mol. The van der Waals surface area contributed by atoms with Crippen molar-refractivity contribution in [3.05, 3.63) is 52.5 Å². The molecule has 0 saturated carbocycles. The molecule has 0 saturated heterocycles. The van der Waals surface area contributed by atoms with Gasteiger partial charge in [-0.25, -0.2) is 19.3 Å². The largest absolute Gasteiger partial charge is 0.481 e. The number of aryl methyl sites for hydroxylation is 2. The van der Waals surface area contributed by atoms with Gasteiger partial charge in [-0.3, -0.25) is 4.79 Å². The summed E-state index contributed by atoms with van der Waals surface area (Å²) in [4.78, 5) is 25.2. The first-order chi connectivity index (χ1) is 15.8. The second-order valence-electron chi connectivity index (χ2n) is 9.62. The van der Waals surface area contributed by atoms with E-state index in [1.807, 2.05) is 32.9 Å². The van der Waals surface area contributed by atoms with Gasteiger partial charge < -0.3 is 15.5 Å². The highest BCUT2D eigenvalue weighted by molar-refractivity contribution is 7.15. The normalized spacial score (nSPS) is 14.5. The summed E-state index contributed by atoms with van der Waals surface area (Å²) < 4.78 is 13.5. The molecule has 0 bridgehead atoms. The average Bonchev–Trinajstić information content (AvgIpc) is 3.25. The quantitative estimate of drug-likeness (QED) is 0.349. The van der Waals surface area contributed by atoms with Crippen molar-refractivity contribution < 1.29 is 19.4 Å². The minimum Gasteiger partial charge on any atom is -0.481 e. The maximum absolute atomic E-state index is 13.5. The standard InChI is InChI=1S/C25H31FN4O3S/c1-14-9-18(29-21(10-14)30-20-11-16(3)17(26)12-27-20)19-13-28-23(34-19)25(6,33)24(4,5)8-7-15(2)22(31)32/h9-13,15,33H,7-8H2,1-6H3,(H,31,32)(H,27,29,30)/t15-,25?/m1/s1. The molecular formula is C25H31FN4O3S. The van der Waals surface area contributed by atoms with Crippen LogP contribution in [0.3, 0.4) is 0 Å². The highest BCUT2D eigenvalue weighted by Gasteiger charge is 2.43. The number of carbonyl (C=O) groups is 1. The fourth-order valence-corrected chi connectivity index (χ4v) is 4.55. The van der Waals surface area contributed by atoms with E-state index in [1.54, 1.807) is 33.0 Å². The molecule has 7 nitrogen and oxygen atoms in total. The van der Waals surface area contributed by atoms with Crippen LogP contribution in [0.25, 0.3) is 10.6 Å². The van der Waals surface area contributed by atoms with Crippen LogP contribution < -0.4 is 5.32 Å². The Hall–Kier alpha value is -2.91. The van der Waals surface area contributed by atoms with Crippen molar-refractivity contribution in [1.29, 1.82) is 0 Å². The van der Waals surface area contributed by atoms with Gasteiger partial charge in [0.2, 0.25) is 0 Å². The van der Waals surface area contributed by atoms with Crippen LogP contribution >= 0.6 is 11.3 Å². The lowest BCUT2D eigenvalue weighted by Gasteiger charge is -2.39. The number of carboxylic acids is 1. The first-order valence-electron chi connectivity index (χ1n) is 11.1. The Bertz CT molecular complexity index is 1190. The second-order valence-corrected chi connectivity index (χ2v) is 10.7. The number of halogens is 1. The highest BCUT2D eigenvalue weighted by Crippen LogP contribution is 2.45. The van der Waals surface area contributed by atoms with E-state index in [2.05, 4.69) is 20.3 Å². The van der Waals surface area contributed by atoms with E-state index in [-0.39, 0.29) is 5.82 Å². The number of hydrogen-bond donors (Lipinski definition) is 3. The van der Waals surface area contributed by atoms with E-state index in [4.69, 9.17) is 0 Å². The van der Waals surface area contributed by atoms with Crippen LogP contribution in [0, 0.1) is 31.0 Å². The molecule has 0 spiro atoms. The fourth-order valence-electron chi connectivity index (χ4n) is 3.45. The molecule has 34 heavy (non-hydrogen) atoms. The molecule has 9 heteroatoms. The third-order valence-corrected chi connectivity index (χ3v) is 7.62. The van der Waals surface area contributed by atoms with Gasteiger partial charge in [0, 0.05) is 6.20 Å². The molecule has 0 aliphatic rings. The van der Waals surface area contributed by atoms with Gasteiger partial charge in [0.1, 0.15) is 28.1 Å². The van der Waals surface area contributed by atoms with E-state index >= 15 is 0 Å². The average molecular weight is 487 g/mol. The van der Waals surface area contributed by atoms with Crippen molar-refractivity contribution in [2.24, 2.45) is 11.3 Å². The topological polar surface area (TPSA) is 108 Å². The number of rotatable bonds is 9. The van der Waals surface area contributed by atoms with Gasteiger partial charge in [-0.15, -0.1) is 11.3 Å². The van der Waals surface area contributed by atoms with Crippen molar-refractivity contribution in [1.82, 2.24) is 15.0 Å². The Labute approximate surface area is 203 Å². The van der Waals surface area contributed by atoms with Crippen molar-refractivity contribution in [2.45, 2.75) is 60.0 Å². The van der Waals surface area contributed by atoms with Crippen LogP contribution in [0.4, 0.5) is 16.0 Å². The summed E-state index contributed by atoms with van der Waals surface area (Å²) in [6, 6.07) is 5.42. The Morgan fingerprint density at radius 3 is 2.50 bits per heavy atom. The number of aromatic nitrogens is 3. The van der Waals surface area contributed by atoms with Crippen LogP contribution in [-0.4, -0.2) is 31.1 Å². The van der Waals surface area contributed by atoms with E-state index < -0.39 is 22.9 Å². The molecule has 182 valence electrons. The van der Waals surface area contributed by atoms with Crippen LogP contribution in [0.15, 0.2) is 30.6 Å². The molecule has 0 amide bonds. The van der Waals surface area contributed by atoms with Crippen molar-refractivity contribution >= 4 is 28.9 Å². The summed E-state index contributed by atoms with van der Waals surface area (Å²) in [5, 5.41) is 24.3. The molecule has 0 aliphatic heterocycles. The molecule has 2 atom stereocenters. The summed E-state index contributed by atoms with van der Waals surface area (Å²) in [7, 11) is 0. The zero-order chi connectivity index (χ0) is 25.3. The van der Waals surface area contributed by atoms with Crippen LogP contribution in [-0.2, 0) is 10.4 Å². The van der Waals surface area contributed by atoms with E-state index in [1.165, 1.54) is 17.5 Å². The maximum Gasteiger partial charge on any atom is 0.306 e. The number of aliphatic hydroxyl groups is 1. The smallest absolute Gasteiger partial charge is 0.306 e. The lowest BCUT2D eigenvalue weighted by Crippen LogP contribution is -2.39. The molecule has 1 unspecified atom stereocenters. The van der Waals surface area contributed by atoms with Gasteiger partial charge in [-0.05, 0) is 68.4 Å². The summed E-state index contributed by atoms with van der Waals surface area (Å²) in [6.45, 7) is 10.9. The van der Waals surface area contributed by atoms with Crippen LogP contribution in [0.5, 0.6) is 0 Å². The first kappa shape index (κ1) is 25.7. The van der Waals surface area contributed by atoms with Gasteiger partial charge in [-0.1, -0.05) is 20.8 Å². The molecule has 3 heterocycles. The van der Waals surface area contributed by atoms with Crippen molar-refractivity contribution in [3.63, 3.8) is 0 Å². The van der Waals surface area contributed by atoms with Gasteiger partial charge in [0.15, 0.2) is 0 Å². The minimum atomic E-state index is -1.26. The predicted octanol–water partition coefficient (Wildman–Crippen LogP) is 5.83. The third-order valence-electron chi connectivity index (χ3n) is 6.39. The van der Waals surface area contributed by atoms with Crippen molar-refractivity contribution in [2.75, 3.05) is 5.32 Å². The molecule has 3 aromatic heterocycles. The number of aliphatic carboxylic acids is 1. The Morgan fingerprint density at radius 2 is 1.85 bits per heavy atom. The molecule has 0 aromatic carbocycles. The molecule has 3 rings (SSSR count). The summed E-state index contributed by atoms with van der Waals surface area (Å²) in [5.74, 6) is -0.629. The summed E-state index contributed by atoms with van der Waals surface area (Å²) >= 11 is 1.36. The number of thiazole rings is 1. The number of nitrogens with one attached hydrogen (secondary N) is 1. The molecule has 3 N–H and O–H groups in total. The second kappa shape index (κ2) is 9.76. The summed E-state index contributed by atoms with van der Waals surface area (Å²) in [6.07, 6.45) is 3.85. The number of nitrogens with zero attached hydrogens (tertiary/aromatic N) is 3. The Kier molecular flexibility index (Phi) is 7.38. The fraction of sp³-hybridized carbons (Fsp3) is 0.440. The van der Waals surface area contributed by atoms with Crippen LogP contribution in [0.2, 0.25) is 0 Å². The molecule has 0 aliphatic carbocycles. The highest BCUT2D eigenvalue weighted by atomic mass is 32.1. The zero-order valence-corrected chi connectivity index (χ0v) is 21.1. The molecule has 0 radical (unpaired) electrons. The Balaban J connectivity index is 1.84. The SMILES string of the molecule is Cc1cc(Nc2cc(C)c(F)cn2)nc(-c2cnc(C(C)(O)C(C)(C)CC[C@@H](C)C(=O)O)s2)c1. The van der Waals surface area contributed by atoms with Gasteiger partial charge in [0.25, 0.3) is 0 Å². The van der Waals surface area contributed by atoms with E-state index in [9.17, 15) is 19.4 Å². The maximum atomic E-state index is 13.5. The van der Waals surface area contributed by atoms with E-state index in [0.29, 0.717) is 40.7 Å². The van der Waals surface area contributed by atoms with Crippen molar-refractivity contribution in [3.8, 4) is 10.6 Å². The lowest BCUT2D eigenvalue weighted by atomic mass is 9.72.